The van der Waals surface area contributed by atoms with Gasteiger partial charge in [0.25, 0.3) is 0 Å². The molecule has 0 spiro atoms. The van der Waals surface area contributed by atoms with E-state index in [-0.39, 0.29) is 100 Å². The first-order valence-corrected chi connectivity index (χ1v) is 0. The fourth-order valence-electron chi connectivity index (χ4n) is 0. The van der Waals surface area contributed by atoms with Crippen molar-refractivity contribution >= 4 is 0 Å². The van der Waals surface area contributed by atoms with E-state index in [1.54, 1.807) is 0 Å². The largest absolute Gasteiger partial charge is 1.00 e. The van der Waals surface area contributed by atoms with Crippen LogP contribution < -0.4 is 51.4 Å². The molecule has 0 aromatic heterocycles. The van der Waals surface area contributed by atoms with Crippen molar-refractivity contribution in [3.63, 3.8) is 0 Å². The summed E-state index contributed by atoms with van der Waals surface area (Å²) in [5, 5.41) is 0. The van der Waals surface area contributed by atoms with Gasteiger partial charge in [-0.2, -0.15) is 0 Å². The summed E-state index contributed by atoms with van der Waals surface area (Å²) in [6.07, 6.45) is 0. The Balaban J connectivity index is 0. The summed E-state index contributed by atoms with van der Waals surface area (Å²) in [6.45, 7) is 0. The van der Waals surface area contributed by atoms with Crippen molar-refractivity contribution in [2.75, 3.05) is 0 Å². The van der Waals surface area contributed by atoms with Crippen LogP contribution in [0.15, 0.2) is 0 Å². The smallest absolute Gasteiger partial charge is 0.870 e. The molecule has 0 saturated carbocycles. The molecular weight excluding hydrogens is 167 g/mol. The second kappa shape index (κ2) is 90.1. The van der Waals surface area contributed by atoms with E-state index in [0.29, 0.717) is 0 Å². The molecule has 0 radical (unpaired) electrons. The van der Waals surface area contributed by atoms with Gasteiger partial charge >= 0.3 is 51.4 Å². The molecule has 0 aliphatic heterocycles. The van der Waals surface area contributed by atoms with Crippen LogP contribution in [-0.4, -0.2) is 27.4 Å². The van der Waals surface area contributed by atoms with Gasteiger partial charge in [0.05, 0.1) is 0 Å². The van der Waals surface area contributed by atoms with E-state index in [1.165, 1.54) is 0 Å². The van der Waals surface area contributed by atoms with E-state index >= 15 is 0 Å². The van der Waals surface area contributed by atoms with Gasteiger partial charge in [0.15, 0.2) is 0 Å². The molecular formula is H6KO5Ti-3. The number of rotatable bonds is 0. The summed E-state index contributed by atoms with van der Waals surface area (Å²) in [6, 6.07) is 0. The Bertz CT molecular complexity index is 8.04. The van der Waals surface area contributed by atoms with Crippen LogP contribution in [0.25, 0.3) is 0 Å². The molecule has 7 heavy (non-hydrogen) atoms. The minimum atomic E-state index is 0. The van der Waals surface area contributed by atoms with Crippen molar-refractivity contribution in [1.29, 1.82) is 0 Å². The summed E-state index contributed by atoms with van der Waals surface area (Å²) in [5.74, 6) is 0. The fourth-order valence-corrected chi connectivity index (χ4v) is 0. The second-order valence-electron chi connectivity index (χ2n) is 0. The van der Waals surface area contributed by atoms with Crippen molar-refractivity contribution in [1.82, 2.24) is 0 Å². The standard InChI is InChI=1S/K.5H2O.Ti/h;5*1H2;/q+1;;;;;;/p-4. The first kappa shape index (κ1) is 131. The van der Waals surface area contributed by atoms with Crippen molar-refractivity contribution in [3.05, 3.63) is 0 Å². The van der Waals surface area contributed by atoms with Crippen molar-refractivity contribution in [2.45, 2.75) is 0 Å². The molecule has 0 saturated heterocycles. The Morgan fingerprint density at radius 2 is 0.571 bits per heavy atom. The van der Waals surface area contributed by atoms with E-state index in [2.05, 4.69) is 0 Å². The average Bonchev–Trinajstić information content (AvgIpc) is 0. The summed E-state index contributed by atoms with van der Waals surface area (Å²) >= 11 is 0. The molecule has 6 N–H and O–H groups in total. The maximum atomic E-state index is 0. The topological polar surface area (TPSA) is 152 Å². The van der Waals surface area contributed by atoms with Gasteiger partial charge in [-0.3, -0.25) is 0 Å². The van der Waals surface area contributed by atoms with Gasteiger partial charge in [0, 0.05) is 21.7 Å². The van der Waals surface area contributed by atoms with Crippen molar-refractivity contribution < 1.29 is 100 Å². The van der Waals surface area contributed by atoms with Gasteiger partial charge in [-0.15, -0.1) is 0 Å². The third-order valence-electron chi connectivity index (χ3n) is 0. The molecule has 5 nitrogen and oxygen atoms in total. The molecule has 0 aromatic carbocycles. The van der Waals surface area contributed by atoms with Crippen LogP contribution in [-0.2, 0) is 21.7 Å². The number of hydrogen-bond acceptors (Lipinski definition) is 4. The van der Waals surface area contributed by atoms with Crippen LogP contribution >= 0.6 is 0 Å². The predicted molar refractivity (Wildman–Crippen MR) is 11.4 cm³/mol. The molecule has 0 amide bonds. The molecule has 0 rings (SSSR count). The Hall–Kier alpha value is 2.15. The van der Waals surface area contributed by atoms with Crippen LogP contribution in [0, 0.1) is 0 Å². The SMILES string of the molecule is O.[K+].[OH-].[OH-].[OH-].[OH-].[Ti]. The van der Waals surface area contributed by atoms with Crippen LogP contribution in [0.2, 0.25) is 0 Å². The van der Waals surface area contributed by atoms with Crippen LogP contribution in [0.4, 0.5) is 0 Å². The molecule has 44 valence electrons. The predicted octanol–water partition coefficient (Wildman–Crippen LogP) is -4.53. The summed E-state index contributed by atoms with van der Waals surface area (Å²) in [4.78, 5) is 0. The van der Waals surface area contributed by atoms with Gasteiger partial charge in [-0.05, 0) is 0 Å². The van der Waals surface area contributed by atoms with E-state index in [9.17, 15) is 0 Å². The zero-order valence-electron chi connectivity index (χ0n) is 3.79. The van der Waals surface area contributed by atoms with Gasteiger partial charge in [-0.1, -0.05) is 0 Å². The van der Waals surface area contributed by atoms with E-state index in [0.717, 1.165) is 0 Å². The molecule has 0 aromatic rings. The van der Waals surface area contributed by atoms with Gasteiger partial charge in [0.2, 0.25) is 0 Å². The molecule has 0 fully saturated rings. The van der Waals surface area contributed by atoms with Crippen LogP contribution in [0.1, 0.15) is 0 Å². The van der Waals surface area contributed by atoms with Crippen LogP contribution in [0.5, 0.6) is 0 Å². The third-order valence-corrected chi connectivity index (χ3v) is 0. The summed E-state index contributed by atoms with van der Waals surface area (Å²) in [5.41, 5.74) is 0. The molecule has 0 heterocycles. The minimum absolute atomic E-state index is 0. The van der Waals surface area contributed by atoms with E-state index in [1.807, 2.05) is 0 Å². The first-order valence-electron chi connectivity index (χ1n) is 0. The van der Waals surface area contributed by atoms with E-state index in [4.69, 9.17) is 0 Å². The van der Waals surface area contributed by atoms with Gasteiger partial charge < -0.3 is 27.4 Å². The van der Waals surface area contributed by atoms with E-state index < -0.39 is 0 Å². The second-order valence-corrected chi connectivity index (χ2v) is 0. The Morgan fingerprint density at radius 1 is 0.571 bits per heavy atom. The normalized spacial score (nSPS) is 0. The molecule has 0 bridgehead atoms. The zero-order chi connectivity index (χ0) is 0. The monoisotopic (exact) mass is 173 g/mol. The maximum Gasteiger partial charge on any atom is 1.00 e. The molecule has 0 aliphatic carbocycles. The van der Waals surface area contributed by atoms with Gasteiger partial charge in [-0.25, -0.2) is 0 Å². The average molecular weight is 173 g/mol. The fraction of sp³-hybridized carbons (Fsp3) is 0. The first-order chi connectivity index (χ1) is 0. The molecule has 0 aliphatic rings. The number of hydrogen-bond donors (Lipinski definition) is 0. The Morgan fingerprint density at radius 3 is 0.571 bits per heavy atom. The van der Waals surface area contributed by atoms with Crippen LogP contribution in [0.3, 0.4) is 0 Å². The summed E-state index contributed by atoms with van der Waals surface area (Å²) < 4.78 is 0. The molecule has 0 atom stereocenters. The maximum absolute atomic E-state index is 0. The Labute approximate surface area is 98.7 Å². The van der Waals surface area contributed by atoms with Crippen molar-refractivity contribution in [2.24, 2.45) is 0 Å². The third kappa shape index (κ3) is 66.7. The zero-order valence-corrected chi connectivity index (χ0v) is 8.47. The van der Waals surface area contributed by atoms with Crippen molar-refractivity contribution in [3.8, 4) is 0 Å². The quantitative estimate of drug-likeness (QED) is 0.338. The Kier molecular flexibility index (Phi) is 1690. The van der Waals surface area contributed by atoms with Gasteiger partial charge in [0.1, 0.15) is 0 Å². The molecule has 7 heteroatoms. The minimum Gasteiger partial charge on any atom is -0.870 e. The molecule has 0 unspecified atom stereocenters. The summed E-state index contributed by atoms with van der Waals surface area (Å²) in [7, 11) is 0.